The van der Waals surface area contributed by atoms with Gasteiger partial charge in [0.15, 0.2) is 17.1 Å². The molecule has 3 aromatic carbocycles. The number of carboxylic acid groups (broad SMARTS) is 1. The van der Waals surface area contributed by atoms with Crippen LogP contribution in [0.15, 0.2) is 76.0 Å². The zero-order chi connectivity index (χ0) is 26.6. The van der Waals surface area contributed by atoms with Crippen LogP contribution < -0.4 is 10.3 Å². The Balaban J connectivity index is 1.26. The highest BCUT2D eigenvalue weighted by molar-refractivity contribution is 6.30. The van der Waals surface area contributed by atoms with Crippen LogP contribution in [0.25, 0.3) is 21.9 Å². The van der Waals surface area contributed by atoms with Gasteiger partial charge in [-0.05, 0) is 48.4 Å². The van der Waals surface area contributed by atoms with Crippen molar-refractivity contribution < 1.29 is 24.0 Å². The molecule has 1 atom stereocenters. The highest BCUT2D eigenvalue weighted by atomic mass is 35.5. The summed E-state index contributed by atoms with van der Waals surface area (Å²) >= 11 is 6.00. The summed E-state index contributed by atoms with van der Waals surface area (Å²) < 4.78 is 12.2. The minimum atomic E-state index is -1.16. The van der Waals surface area contributed by atoms with E-state index in [2.05, 4.69) is 15.5 Å². The van der Waals surface area contributed by atoms with Crippen molar-refractivity contribution in [3.8, 4) is 5.75 Å². The summed E-state index contributed by atoms with van der Waals surface area (Å²) in [5.74, 6) is -2.20. The summed E-state index contributed by atoms with van der Waals surface area (Å²) in [6.45, 7) is 0.282. The Kier molecular flexibility index (Phi) is 7.14. The van der Waals surface area contributed by atoms with Crippen LogP contribution in [0.2, 0.25) is 5.02 Å². The van der Waals surface area contributed by atoms with E-state index >= 15 is 0 Å². The number of rotatable bonds is 10. The van der Waals surface area contributed by atoms with Gasteiger partial charge >= 0.3 is 5.97 Å². The van der Waals surface area contributed by atoms with Gasteiger partial charge in [-0.3, -0.25) is 14.4 Å². The molecule has 11 heteroatoms. The third kappa shape index (κ3) is 5.40. The average Bonchev–Trinajstić information content (AvgIpc) is 3.34. The standard InChI is InChI=1S/C27H21ClN4O6/c28-18-5-3-4-16(12-18)15-37-19-8-9-21-24(14-19)38-30-25(21)23(33)13-17(27(35)36)10-11-32-26(34)20-6-1-2-7-22(20)29-31-32/h1-9,12,14,17H,10-11,13,15H2,(H,35,36). The smallest absolute Gasteiger partial charge is 0.307 e. The Morgan fingerprint density at radius 1 is 1.05 bits per heavy atom. The number of carbonyl (C=O) groups is 2. The van der Waals surface area contributed by atoms with E-state index < -0.39 is 17.7 Å². The summed E-state index contributed by atoms with van der Waals surface area (Å²) in [6, 6.07) is 19.0. The molecule has 192 valence electrons. The number of ketones is 1. The number of ether oxygens (including phenoxy) is 1. The Bertz CT molecular complexity index is 1710. The lowest BCUT2D eigenvalue weighted by molar-refractivity contribution is -0.142. The monoisotopic (exact) mass is 532 g/mol. The molecule has 0 saturated heterocycles. The molecule has 10 nitrogen and oxygen atoms in total. The predicted octanol–water partition coefficient (Wildman–Crippen LogP) is 4.53. The van der Waals surface area contributed by atoms with Crippen LogP contribution >= 0.6 is 11.6 Å². The first-order valence-electron chi connectivity index (χ1n) is 11.7. The lowest BCUT2D eigenvalue weighted by Crippen LogP contribution is -2.27. The molecule has 1 unspecified atom stereocenters. The molecule has 0 amide bonds. The number of aliphatic carboxylic acids is 1. The molecule has 5 aromatic rings. The summed E-state index contributed by atoms with van der Waals surface area (Å²) in [7, 11) is 0. The molecule has 0 spiro atoms. The van der Waals surface area contributed by atoms with Crippen molar-refractivity contribution in [1.82, 2.24) is 20.2 Å². The molecule has 5 rings (SSSR count). The van der Waals surface area contributed by atoms with Crippen molar-refractivity contribution in [3.05, 3.63) is 93.4 Å². The fourth-order valence-electron chi connectivity index (χ4n) is 4.08. The molecule has 0 saturated carbocycles. The van der Waals surface area contributed by atoms with Gasteiger partial charge in [0.1, 0.15) is 17.9 Å². The van der Waals surface area contributed by atoms with Crippen LogP contribution in [-0.2, 0) is 17.9 Å². The first kappa shape index (κ1) is 25.1. The number of halogens is 1. The number of fused-ring (bicyclic) bond motifs is 2. The van der Waals surface area contributed by atoms with Gasteiger partial charge in [-0.15, -0.1) is 5.10 Å². The Labute approximate surface area is 220 Å². The van der Waals surface area contributed by atoms with Gasteiger partial charge in [-0.25, -0.2) is 4.68 Å². The van der Waals surface area contributed by atoms with Crippen LogP contribution in [0.1, 0.15) is 28.9 Å². The molecule has 2 aromatic heterocycles. The van der Waals surface area contributed by atoms with Gasteiger partial charge in [0.2, 0.25) is 0 Å². The molecular weight excluding hydrogens is 512 g/mol. The van der Waals surface area contributed by atoms with Gasteiger partial charge in [-0.1, -0.05) is 46.2 Å². The number of Topliss-reactive ketones (excluding diaryl/α,β-unsaturated/α-hetero) is 1. The molecule has 38 heavy (non-hydrogen) atoms. The van der Waals surface area contributed by atoms with Crippen molar-refractivity contribution in [2.75, 3.05) is 0 Å². The number of carboxylic acids is 1. The number of carbonyl (C=O) groups excluding carboxylic acids is 1. The Morgan fingerprint density at radius 2 is 1.89 bits per heavy atom. The minimum absolute atomic E-state index is 0.00523. The van der Waals surface area contributed by atoms with Gasteiger partial charge < -0.3 is 14.4 Å². The van der Waals surface area contributed by atoms with Crippen LogP contribution in [0.4, 0.5) is 0 Å². The quantitative estimate of drug-likeness (QED) is 0.257. The fraction of sp³-hybridized carbons (Fsp3) is 0.185. The lowest BCUT2D eigenvalue weighted by atomic mass is 9.96. The molecule has 0 radical (unpaired) electrons. The van der Waals surface area contributed by atoms with E-state index in [1.165, 1.54) is 0 Å². The summed E-state index contributed by atoms with van der Waals surface area (Å²) in [6.07, 6.45) is -0.314. The number of nitrogens with zero attached hydrogens (tertiary/aromatic N) is 4. The zero-order valence-corrected chi connectivity index (χ0v) is 20.7. The molecule has 0 aliphatic carbocycles. The minimum Gasteiger partial charge on any atom is -0.489 e. The molecular formula is C27H21ClN4O6. The second kappa shape index (κ2) is 10.8. The second-order valence-corrected chi connectivity index (χ2v) is 9.13. The molecule has 2 heterocycles. The molecule has 0 aliphatic heterocycles. The van der Waals surface area contributed by atoms with Crippen molar-refractivity contribution >= 4 is 45.2 Å². The van der Waals surface area contributed by atoms with Crippen molar-refractivity contribution in [2.24, 2.45) is 5.92 Å². The van der Waals surface area contributed by atoms with E-state index in [0.29, 0.717) is 32.6 Å². The summed E-state index contributed by atoms with van der Waals surface area (Å²) in [4.78, 5) is 37.5. The third-order valence-corrected chi connectivity index (χ3v) is 6.34. The third-order valence-electron chi connectivity index (χ3n) is 6.10. The summed E-state index contributed by atoms with van der Waals surface area (Å²) in [5, 5.41) is 22.9. The number of hydrogen-bond acceptors (Lipinski definition) is 8. The second-order valence-electron chi connectivity index (χ2n) is 8.69. The van der Waals surface area contributed by atoms with Crippen LogP contribution in [-0.4, -0.2) is 37.0 Å². The predicted molar refractivity (Wildman–Crippen MR) is 138 cm³/mol. The van der Waals surface area contributed by atoms with Gasteiger partial charge in [0, 0.05) is 24.1 Å². The average molecular weight is 533 g/mol. The van der Waals surface area contributed by atoms with Crippen LogP contribution in [0.5, 0.6) is 5.75 Å². The first-order valence-corrected chi connectivity index (χ1v) is 12.1. The molecule has 0 fully saturated rings. The number of aromatic nitrogens is 4. The maximum absolute atomic E-state index is 13.0. The van der Waals surface area contributed by atoms with E-state index in [0.717, 1.165) is 10.2 Å². The van der Waals surface area contributed by atoms with Crippen molar-refractivity contribution in [1.29, 1.82) is 0 Å². The number of benzene rings is 3. The van der Waals surface area contributed by atoms with Gasteiger partial charge in [0.25, 0.3) is 5.56 Å². The van der Waals surface area contributed by atoms with E-state index in [1.54, 1.807) is 54.6 Å². The highest BCUT2D eigenvalue weighted by Crippen LogP contribution is 2.26. The van der Waals surface area contributed by atoms with E-state index in [4.69, 9.17) is 20.9 Å². The molecule has 1 N–H and O–H groups in total. The van der Waals surface area contributed by atoms with Crippen molar-refractivity contribution in [3.63, 3.8) is 0 Å². The van der Waals surface area contributed by atoms with E-state index in [-0.39, 0.29) is 37.2 Å². The summed E-state index contributed by atoms with van der Waals surface area (Å²) in [5.41, 5.74) is 1.34. The van der Waals surface area contributed by atoms with Crippen LogP contribution in [0.3, 0.4) is 0 Å². The van der Waals surface area contributed by atoms with E-state index in [9.17, 15) is 19.5 Å². The zero-order valence-electron chi connectivity index (χ0n) is 19.9. The van der Waals surface area contributed by atoms with Gasteiger partial charge in [-0.2, -0.15) is 0 Å². The van der Waals surface area contributed by atoms with Gasteiger partial charge in [0.05, 0.1) is 16.7 Å². The number of aryl methyl sites for hydroxylation is 1. The van der Waals surface area contributed by atoms with Crippen molar-refractivity contribution in [2.45, 2.75) is 26.0 Å². The fourth-order valence-corrected chi connectivity index (χ4v) is 4.30. The SMILES string of the molecule is O=C(CC(CCn1nnc2ccccc2c1=O)C(=O)O)c1noc2cc(OCc3cccc(Cl)c3)ccc12. The first-order chi connectivity index (χ1) is 18.4. The normalized spacial score (nSPS) is 12.0. The molecule has 0 bridgehead atoms. The maximum atomic E-state index is 13.0. The Morgan fingerprint density at radius 3 is 2.71 bits per heavy atom. The molecule has 0 aliphatic rings. The topological polar surface area (TPSA) is 137 Å². The largest absolute Gasteiger partial charge is 0.489 e. The maximum Gasteiger partial charge on any atom is 0.307 e. The van der Waals surface area contributed by atoms with E-state index in [1.807, 2.05) is 12.1 Å². The highest BCUT2D eigenvalue weighted by Gasteiger charge is 2.26. The number of hydrogen-bond donors (Lipinski definition) is 1. The van der Waals surface area contributed by atoms with Crippen LogP contribution in [0, 0.1) is 5.92 Å². The Hall–Kier alpha value is -4.57. The lowest BCUT2D eigenvalue weighted by Gasteiger charge is -2.11.